The average molecular weight is 538 g/mol. The number of fused-ring (bicyclic) bond motifs is 3. The predicted octanol–water partition coefficient (Wildman–Crippen LogP) is 7.32. The second-order valence-corrected chi connectivity index (χ2v) is 12.9. The standard InChI is InChI=1S/C31H43N3O5/c1-9-17-32(28(37)39-29(2,3)4)24-18-25-26(23-14-11-10-13-22(23)24)21(19-33(25)27(35)36)20-38-34-30(5,6)15-12-16-31(34,7)8/h9-11,13-14,18,21H,1,12,15-17,19-20H2,2-8H3,(H,35,36). The van der Waals surface area contributed by atoms with E-state index in [2.05, 4.69) is 39.3 Å². The average Bonchev–Trinajstić information content (AvgIpc) is 3.19. The van der Waals surface area contributed by atoms with Crippen LogP contribution in [0.25, 0.3) is 10.8 Å². The zero-order valence-corrected chi connectivity index (χ0v) is 24.4. The first kappa shape index (κ1) is 28.9. The number of hydrogen-bond donors (Lipinski definition) is 1. The van der Waals surface area contributed by atoms with Crippen molar-refractivity contribution in [2.45, 2.75) is 90.3 Å². The van der Waals surface area contributed by atoms with Gasteiger partial charge in [-0.2, -0.15) is 5.06 Å². The summed E-state index contributed by atoms with van der Waals surface area (Å²) in [4.78, 5) is 35.2. The summed E-state index contributed by atoms with van der Waals surface area (Å²) in [5, 5.41) is 14.1. The minimum absolute atomic E-state index is 0.125. The molecule has 0 aliphatic carbocycles. The highest BCUT2D eigenvalue weighted by Crippen LogP contribution is 2.46. The number of carbonyl (C=O) groups excluding carboxylic acids is 1. The van der Waals surface area contributed by atoms with Crippen molar-refractivity contribution in [1.82, 2.24) is 5.06 Å². The summed E-state index contributed by atoms with van der Waals surface area (Å²) in [7, 11) is 0. The Balaban J connectivity index is 1.79. The van der Waals surface area contributed by atoms with E-state index in [1.807, 2.05) is 45.0 Å². The van der Waals surface area contributed by atoms with Gasteiger partial charge in [-0.15, -0.1) is 6.58 Å². The van der Waals surface area contributed by atoms with Gasteiger partial charge in [-0.1, -0.05) is 30.3 Å². The summed E-state index contributed by atoms with van der Waals surface area (Å²) in [6.07, 6.45) is 3.31. The lowest BCUT2D eigenvalue weighted by Crippen LogP contribution is -2.58. The van der Waals surface area contributed by atoms with Crippen LogP contribution < -0.4 is 9.80 Å². The number of rotatable bonds is 6. The normalized spacial score (nSPS) is 20.5. The number of carboxylic acid groups (broad SMARTS) is 1. The van der Waals surface area contributed by atoms with E-state index in [-0.39, 0.29) is 30.1 Å². The number of nitrogens with zero attached hydrogens (tertiary/aromatic N) is 3. The molecule has 0 radical (unpaired) electrons. The van der Waals surface area contributed by atoms with E-state index in [4.69, 9.17) is 9.57 Å². The van der Waals surface area contributed by atoms with Crippen LogP contribution in [0.4, 0.5) is 21.0 Å². The fraction of sp³-hybridized carbons (Fsp3) is 0.548. The molecular formula is C31H43N3O5. The van der Waals surface area contributed by atoms with Gasteiger partial charge in [0.25, 0.3) is 0 Å². The highest BCUT2D eigenvalue weighted by molar-refractivity contribution is 6.08. The first-order chi connectivity index (χ1) is 18.2. The molecule has 0 spiro atoms. The largest absolute Gasteiger partial charge is 0.465 e. The number of hydroxylamine groups is 2. The number of amides is 2. The van der Waals surface area contributed by atoms with Crippen molar-refractivity contribution in [2.24, 2.45) is 0 Å². The maximum Gasteiger partial charge on any atom is 0.415 e. The fourth-order valence-electron chi connectivity index (χ4n) is 6.17. The molecule has 1 saturated heterocycles. The molecule has 0 bridgehead atoms. The van der Waals surface area contributed by atoms with E-state index in [1.165, 1.54) is 9.80 Å². The first-order valence-electron chi connectivity index (χ1n) is 13.8. The zero-order valence-electron chi connectivity index (χ0n) is 24.4. The summed E-state index contributed by atoms with van der Waals surface area (Å²) < 4.78 is 5.70. The van der Waals surface area contributed by atoms with Crippen molar-refractivity contribution in [3.05, 3.63) is 48.6 Å². The smallest absolute Gasteiger partial charge is 0.415 e. The number of carbonyl (C=O) groups is 2. The maximum atomic E-state index is 13.3. The quantitative estimate of drug-likeness (QED) is 0.389. The molecule has 4 rings (SSSR count). The summed E-state index contributed by atoms with van der Waals surface area (Å²) in [6.45, 7) is 18.9. The topological polar surface area (TPSA) is 82.6 Å². The Hall–Kier alpha value is -3.10. The minimum Gasteiger partial charge on any atom is -0.465 e. The number of anilines is 2. The number of hydrogen-bond acceptors (Lipinski definition) is 5. The van der Waals surface area contributed by atoms with Crippen molar-refractivity contribution < 1.29 is 24.3 Å². The van der Waals surface area contributed by atoms with Crippen LogP contribution in [0.15, 0.2) is 43.0 Å². The minimum atomic E-state index is -1.04. The molecule has 212 valence electrons. The van der Waals surface area contributed by atoms with E-state index in [0.29, 0.717) is 18.0 Å². The van der Waals surface area contributed by atoms with Crippen molar-refractivity contribution in [2.75, 3.05) is 29.5 Å². The van der Waals surface area contributed by atoms with Gasteiger partial charge in [0.2, 0.25) is 0 Å². The SMILES string of the molecule is C=CCN(C(=O)OC(C)(C)C)c1cc2c(c3ccccc13)C(CON1C(C)(C)CCCC1(C)C)CN2C(=O)O. The Morgan fingerprint density at radius 1 is 1.13 bits per heavy atom. The van der Waals surface area contributed by atoms with Gasteiger partial charge in [0.1, 0.15) is 5.60 Å². The van der Waals surface area contributed by atoms with Gasteiger partial charge in [0.15, 0.2) is 0 Å². The third-order valence-corrected chi connectivity index (χ3v) is 7.67. The second kappa shape index (κ2) is 10.5. The number of benzene rings is 2. The Labute approximate surface area is 232 Å². The summed E-state index contributed by atoms with van der Waals surface area (Å²) in [5.41, 5.74) is 1.14. The highest BCUT2D eigenvalue weighted by Gasteiger charge is 2.44. The molecule has 1 atom stereocenters. The Kier molecular flexibility index (Phi) is 7.76. The molecule has 1 fully saturated rings. The predicted molar refractivity (Wildman–Crippen MR) is 156 cm³/mol. The third kappa shape index (κ3) is 5.77. The first-order valence-corrected chi connectivity index (χ1v) is 13.8. The van der Waals surface area contributed by atoms with E-state index < -0.39 is 17.8 Å². The maximum absolute atomic E-state index is 13.3. The van der Waals surface area contributed by atoms with Crippen LogP contribution in [-0.2, 0) is 9.57 Å². The Morgan fingerprint density at radius 2 is 1.74 bits per heavy atom. The van der Waals surface area contributed by atoms with Crippen LogP contribution in [0.2, 0.25) is 0 Å². The summed E-state index contributed by atoms with van der Waals surface area (Å²) in [6, 6.07) is 9.62. The molecule has 2 aliphatic heterocycles. The van der Waals surface area contributed by atoms with E-state index in [0.717, 1.165) is 35.6 Å². The fourth-order valence-corrected chi connectivity index (χ4v) is 6.17. The van der Waals surface area contributed by atoms with Crippen LogP contribution >= 0.6 is 0 Å². The molecule has 2 aromatic carbocycles. The lowest BCUT2D eigenvalue weighted by Gasteiger charge is -2.51. The zero-order chi connectivity index (χ0) is 28.8. The molecule has 39 heavy (non-hydrogen) atoms. The molecule has 0 aromatic heterocycles. The van der Waals surface area contributed by atoms with Crippen LogP contribution in [0.5, 0.6) is 0 Å². The second-order valence-electron chi connectivity index (χ2n) is 12.9. The lowest BCUT2D eigenvalue weighted by molar-refractivity contribution is -0.282. The Bertz CT molecular complexity index is 1250. The lowest BCUT2D eigenvalue weighted by atomic mass is 9.82. The van der Waals surface area contributed by atoms with Crippen molar-refractivity contribution >= 4 is 34.3 Å². The molecule has 0 saturated carbocycles. The molecule has 2 aromatic rings. The molecular weight excluding hydrogens is 494 g/mol. The number of ether oxygens (including phenoxy) is 1. The third-order valence-electron chi connectivity index (χ3n) is 7.67. The molecule has 2 heterocycles. The van der Waals surface area contributed by atoms with Crippen molar-refractivity contribution in [3.8, 4) is 0 Å². The van der Waals surface area contributed by atoms with Gasteiger partial charge in [-0.05, 0) is 84.7 Å². The molecule has 8 nitrogen and oxygen atoms in total. The highest BCUT2D eigenvalue weighted by atomic mass is 16.7. The summed E-state index contributed by atoms with van der Waals surface area (Å²) >= 11 is 0. The number of piperidine rings is 1. The molecule has 1 N–H and O–H groups in total. The van der Waals surface area contributed by atoms with E-state index in [1.54, 1.807) is 12.1 Å². The van der Waals surface area contributed by atoms with Gasteiger partial charge in [-0.25, -0.2) is 9.59 Å². The van der Waals surface area contributed by atoms with Gasteiger partial charge < -0.3 is 9.84 Å². The van der Waals surface area contributed by atoms with Crippen LogP contribution in [-0.4, -0.2) is 58.7 Å². The van der Waals surface area contributed by atoms with Gasteiger partial charge >= 0.3 is 12.2 Å². The van der Waals surface area contributed by atoms with E-state index in [9.17, 15) is 14.7 Å². The van der Waals surface area contributed by atoms with Gasteiger partial charge in [0.05, 0.1) is 18.0 Å². The molecule has 2 amide bonds. The van der Waals surface area contributed by atoms with Crippen LogP contribution in [0.3, 0.4) is 0 Å². The Morgan fingerprint density at radius 3 is 2.31 bits per heavy atom. The molecule has 8 heteroatoms. The molecule has 1 unspecified atom stereocenters. The van der Waals surface area contributed by atoms with Gasteiger partial charge in [-0.3, -0.25) is 14.6 Å². The van der Waals surface area contributed by atoms with Gasteiger partial charge in [0, 0.05) is 35.5 Å². The van der Waals surface area contributed by atoms with Crippen LogP contribution in [0, 0.1) is 0 Å². The molecule has 2 aliphatic rings. The van der Waals surface area contributed by atoms with Crippen molar-refractivity contribution in [1.29, 1.82) is 0 Å². The van der Waals surface area contributed by atoms with Crippen LogP contribution in [0.1, 0.15) is 79.2 Å². The summed E-state index contributed by atoms with van der Waals surface area (Å²) in [5.74, 6) is -0.169. The van der Waals surface area contributed by atoms with E-state index >= 15 is 0 Å². The van der Waals surface area contributed by atoms with Crippen molar-refractivity contribution in [3.63, 3.8) is 0 Å². The monoisotopic (exact) mass is 537 g/mol.